The Kier molecular flexibility index (Phi) is 11.3. The SMILES string of the molecule is CCC(CC)COC(=O)[C@H](C)NP(=O)(OC[C@@]1(CCl)O[C@@H](n2cc(F)c(N)nc2=O)[C@@H](F)[C@@H]1O)Oc1ccccc1. The Labute approximate surface area is 240 Å². The minimum atomic E-state index is -4.46. The van der Waals surface area contributed by atoms with Crippen molar-refractivity contribution >= 4 is 31.1 Å². The molecule has 1 unspecified atom stereocenters. The molecule has 41 heavy (non-hydrogen) atoms. The number of hydrogen-bond acceptors (Lipinski definition) is 10. The molecule has 0 spiro atoms. The third kappa shape index (κ3) is 7.82. The zero-order chi connectivity index (χ0) is 30.4. The molecule has 1 aromatic heterocycles. The summed E-state index contributed by atoms with van der Waals surface area (Å²) in [7, 11) is -4.46. The summed E-state index contributed by atoms with van der Waals surface area (Å²) in [5, 5.41) is 13.2. The number of anilines is 1. The third-order valence-electron chi connectivity index (χ3n) is 6.67. The van der Waals surface area contributed by atoms with Gasteiger partial charge in [-0.05, 0) is 25.0 Å². The molecule has 0 aliphatic carbocycles. The van der Waals surface area contributed by atoms with Gasteiger partial charge in [0.05, 0.1) is 25.3 Å². The van der Waals surface area contributed by atoms with E-state index in [2.05, 4.69) is 10.1 Å². The fourth-order valence-corrected chi connectivity index (χ4v) is 5.83. The molecule has 228 valence electrons. The lowest BCUT2D eigenvalue weighted by Crippen LogP contribution is -2.48. The lowest BCUT2D eigenvalue weighted by atomic mass is 9.99. The van der Waals surface area contributed by atoms with Crippen molar-refractivity contribution in [1.82, 2.24) is 14.6 Å². The number of aromatic nitrogens is 2. The number of aliphatic hydroxyl groups excluding tert-OH is 1. The van der Waals surface area contributed by atoms with Crippen LogP contribution in [0, 0.1) is 11.7 Å². The van der Waals surface area contributed by atoms with E-state index in [1.54, 1.807) is 18.2 Å². The van der Waals surface area contributed by atoms with Gasteiger partial charge in [-0.2, -0.15) is 10.1 Å². The van der Waals surface area contributed by atoms with Gasteiger partial charge in [0.25, 0.3) is 0 Å². The minimum Gasteiger partial charge on any atom is -0.464 e. The Balaban J connectivity index is 1.83. The van der Waals surface area contributed by atoms with Crippen LogP contribution in [-0.4, -0.2) is 63.6 Å². The Morgan fingerprint density at radius 2 is 2.00 bits per heavy atom. The molecule has 0 bridgehead atoms. The summed E-state index contributed by atoms with van der Waals surface area (Å²) in [5.41, 5.74) is 2.06. The zero-order valence-corrected chi connectivity index (χ0v) is 24.4. The average Bonchev–Trinajstić information content (AvgIpc) is 3.20. The van der Waals surface area contributed by atoms with Crippen molar-refractivity contribution in [2.45, 2.75) is 63.8 Å². The number of alkyl halides is 2. The number of halogens is 3. The summed E-state index contributed by atoms with van der Waals surface area (Å²) in [4.78, 5) is 28.2. The molecular weight excluding hydrogens is 589 g/mol. The highest BCUT2D eigenvalue weighted by molar-refractivity contribution is 7.52. The number of nitrogen functional groups attached to an aromatic ring is 1. The predicted octanol–water partition coefficient (Wildman–Crippen LogP) is 3.33. The first-order chi connectivity index (χ1) is 19.4. The Morgan fingerprint density at radius 3 is 2.61 bits per heavy atom. The smallest absolute Gasteiger partial charge is 0.459 e. The summed E-state index contributed by atoms with van der Waals surface area (Å²) in [5.74, 6) is -2.90. The lowest BCUT2D eigenvalue weighted by molar-refractivity contribution is -0.146. The van der Waals surface area contributed by atoms with Crippen molar-refractivity contribution in [2.24, 2.45) is 5.92 Å². The lowest BCUT2D eigenvalue weighted by Gasteiger charge is -2.31. The highest BCUT2D eigenvalue weighted by Gasteiger charge is 2.57. The number of nitrogens with one attached hydrogen (secondary N) is 1. The molecule has 0 saturated carbocycles. The number of esters is 1. The molecule has 1 fully saturated rings. The normalized spacial score (nSPS) is 24.6. The summed E-state index contributed by atoms with van der Waals surface area (Å²) in [6.07, 6.45) is -4.01. The molecule has 1 saturated heterocycles. The van der Waals surface area contributed by atoms with Gasteiger partial charge in [0.15, 0.2) is 24.0 Å². The molecular formula is C25H34ClF2N4O8P. The van der Waals surface area contributed by atoms with E-state index in [1.807, 2.05) is 13.8 Å². The molecule has 0 amide bonds. The van der Waals surface area contributed by atoms with E-state index in [0.717, 1.165) is 12.8 Å². The van der Waals surface area contributed by atoms with E-state index < -0.39 is 73.7 Å². The number of rotatable bonds is 14. The summed E-state index contributed by atoms with van der Waals surface area (Å²) in [6, 6.07) is 6.68. The predicted molar refractivity (Wildman–Crippen MR) is 146 cm³/mol. The van der Waals surface area contributed by atoms with Crippen molar-refractivity contribution in [3.8, 4) is 5.75 Å². The molecule has 6 atom stereocenters. The van der Waals surface area contributed by atoms with Crippen molar-refractivity contribution in [2.75, 3.05) is 24.8 Å². The number of para-hydroxylation sites is 1. The van der Waals surface area contributed by atoms with E-state index >= 15 is 4.39 Å². The van der Waals surface area contributed by atoms with Gasteiger partial charge in [0, 0.05) is 0 Å². The van der Waals surface area contributed by atoms with Gasteiger partial charge in [0.1, 0.15) is 23.5 Å². The first kappa shape index (κ1) is 32.9. The Bertz CT molecular complexity index is 1290. The molecule has 12 nitrogen and oxygen atoms in total. The van der Waals surface area contributed by atoms with Crippen LogP contribution in [0.15, 0.2) is 41.3 Å². The quantitative estimate of drug-likeness (QED) is 0.161. The van der Waals surface area contributed by atoms with E-state index in [-0.39, 0.29) is 18.3 Å². The van der Waals surface area contributed by atoms with Gasteiger partial charge in [-0.1, -0.05) is 44.9 Å². The van der Waals surface area contributed by atoms with E-state index in [0.29, 0.717) is 10.8 Å². The number of aliphatic hydroxyl groups is 1. The minimum absolute atomic E-state index is 0.102. The van der Waals surface area contributed by atoms with Gasteiger partial charge in [-0.25, -0.2) is 18.1 Å². The number of carbonyl (C=O) groups excluding carboxylic acids is 1. The van der Waals surface area contributed by atoms with Gasteiger partial charge in [-0.3, -0.25) is 13.9 Å². The summed E-state index contributed by atoms with van der Waals surface area (Å²) in [6.45, 7) is 4.65. The zero-order valence-electron chi connectivity index (χ0n) is 22.7. The molecule has 4 N–H and O–H groups in total. The van der Waals surface area contributed by atoms with Crippen LogP contribution in [-0.2, 0) is 23.4 Å². The number of nitrogens with zero attached hydrogens (tertiary/aromatic N) is 2. The van der Waals surface area contributed by atoms with Crippen molar-refractivity contribution in [3.05, 3.63) is 52.8 Å². The molecule has 1 aliphatic heterocycles. The van der Waals surface area contributed by atoms with Crippen molar-refractivity contribution < 1.29 is 41.8 Å². The highest BCUT2D eigenvalue weighted by Crippen LogP contribution is 2.48. The largest absolute Gasteiger partial charge is 0.464 e. The first-order valence-corrected chi connectivity index (χ1v) is 15.0. The number of hydrogen-bond donors (Lipinski definition) is 3. The number of nitrogens with two attached hydrogens (primary N) is 1. The maximum absolute atomic E-state index is 15.2. The van der Waals surface area contributed by atoms with Gasteiger partial charge in [-0.15, -0.1) is 11.6 Å². The monoisotopic (exact) mass is 622 g/mol. The number of carbonyl (C=O) groups is 1. The van der Waals surface area contributed by atoms with Crippen LogP contribution < -0.4 is 21.0 Å². The molecule has 16 heteroatoms. The maximum Gasteiger partial charge on any atom is 0.459 e. The Morgan fingerprint density at radius 1 is 1.34 bits per heavy atom. The second-order valence-electron chi connectivity index (χ2n) is 9.60. The second kappa shape index (κ2) is 14.0. The van der Waals surface area contributed by atoms with Gasteiger partial charge in [0.2, 0.25) is 0 Å². The van der Waals surface area contributed by atoms with Crippen LogP contribution in [0.3, 0.4) is 0 Å². The molecule has 0 radical (unpaired) electrons. The number of ether oxygens (including phenoxy) is 2. The summed E-state index contributed by atoms with van der Waals surface area (Å²) < 4.78 is 65.7. The van der Waals surface area contributed by atoms with Crippen LogP contribution in [0.5, 0.6) is 5.75 Å². The van der Waals surface area contributed by atoms with Crippen molar-refractivity contribution in [1.29, 1.82) is 0 Å². The van der Waals surface area contributed by atoms with Crippen molar-refractivity contribution in [3.63, 3.8) is 0 Å². The standard InChI is InChI=1S/C25H34ClF2N4O8P/c1-4-16(5-2)12-37-23(34)15(3)31-41(36,40-17-9-7-6-8-10-17)38-14-25(13-26)20(33)19(28)22(39-25)32-11-18(27)21(29)30-24(32)35/h6-11,15-16,19-20,22,33H,4-5,12-14H2,1-3H3,(H,31,36)(H2,29,30,35)/t15-,19-,20-,22+,25+,41?/m0/s1. The van der Waals surface area contributed by atoms with Crippen LogP contribution >= 0.6 is 19.3 Å². The van der Waals surface area contributed by atoms with Gasteiger partial charge < -0.3 is 24.8 Å². The molecule has 3 rings (SSSR count). The van der Waals surface area contributed by atoms with Crippen LogP contribution in [0.25, 0.3) is 0 Å². The second-order valence-corrected chi connectivity index (χ2v) is 11.6. The number of benzene rings is 1. The molecule has 2 aromatic rings. The fourth-order valence-electron chi connectivity index (χ4n) is 3.98. The summed E-state index contributed by atoms with van der Waals surface area (Å²) >= 11 is 6.06. The Hall–Kier alpha value is -2.61. The molecule has 2 heterocycles. The topological polar surface area (TPSA) is 164 Å². The molecule has 1 aliphatic rings. The van der Waals surface area contributed by atoms with Gasteiger partial charge >= 0.3 is 19.4 Å². The third-order valence-corrected chi connectivity index (χ3v) is 8.75. The van der Waals surface area contributed by atoms with Crippen LogP contribution in [0.2, 0.25) is 0 Å². The van der Waals surface area contributed by atoms with Crippen LogP contribution in [0.4, 0.5) is 14.6 Å². The van der Waals surface area contributed by atoms with E-state index in [9.17, 15) is 23.7 Å². The average molecular weight is 623 g/mol. The van der Waals surface area contributed by atoms with E-state index in [1.165, 1.54) is 19.1 Å². The van der Waals surface area contributed by atoms with Crippen LogP contribution in [0.1, 0.15) is 39.8 Å². The molecule has 1 aromatic carbocycles. The highest BCUT2D eigenvalue weighted by atomic mass is 35.5. The van der Waals surface area contributed by atoms with E-state index in [4.69, 9.17) is 35.9 Å². The fraction of sp³-hybridized carbons (Fsp3) is 0.560. The maximum atomic E-state index is 15.2. The first-order valence-electron chi connectivity index (χ1n) is 12.9.